The largest absolute Gasteiger partial charge is 0.465 e. The topological polar surface area (TPSA) is 122 Å². The molecule has 0 radical (unpaired) electrons. The van der Waals surface area contributed by atoms with Crippen molar-refractivity contribution in [3.8, 4) is 0 Å². The maximum Gasteiger partial charge on any atom is 0.407 e. The van der Waals surface area contributed by atoms with Crippen LogP contribution in [0.25, 0.3) is 0 Å². The molecule has 11 nitrogen and oxygen atoms in total. The van der Waals surface area contributed by atoms with Crippen LogP contribution in [-0.2, 0) is 9.59 Å². The molecule has 36 heavy (non-hydrogen) atoms. The zero-order valence-corrected chi connectivity index (χ0v) is 21.3. The van der Waals surface area contributed by atoms with Gasteiger partial charge in [0.15, 0.2) is 11.6 Å². The summed E-state index contributed by atoms with van der Waals surface area (Å²) in [6, 6.07) is 6.70. The molecule has 2 aliphatic rings. The Kier molecular flexibility index (Phi) is 7.48. The Labute approximate surface area is 214 Å². The lowest BCUT2D eigenvalue weighted by molar-refractivity contribution is -0.133. The molecule has 1 aromatic carbocycles. The first-order valence-corrected chi connectivity index (χ1v) is 12.2. The van der Waals surface area contributed by atoms with Crippen LogP contribution in [0.2, 0.25) is 5.02 Å². The Morgan fingerprint density at radius 2 is 1.81 bits per heavy atom. The molecule has 1 unspecified atom stereocenters. The quantitative estimate of drug-likeness (QED) is 0.601. The summed E-state index contributed by atoms with van der Waals surface area (Å²) in [5.41, 5.74) is 1.48. The summed E-state index contributed by atoms with van der Waals surface area (Å²) in [7, 11) is 1.82. The molecule has 0 aliphatic carbocycles. The Bertz CT molecular complexity index is 1140. The van der Waals surface area contributed by atoms with Gasteiger partial charge in [-0.15, -0.1) is 0 Å². The second-order valence-electron chi connectivity index (χ2n) is 9.24. The van der Waals surface area contributed by atoms with Gasteiger partial charge >= 0.3 is 6.09 Å². The van der Waals surface area contributed by atoms with Crippen molar-refractivity contribution in [2.24, 2.45) is 0 Å². The van der Waals surface area contributed by atoms with Gasteiger partial charge in [0.05, 0.1) is 12.5 Å². The number of nitrogens with one attached hydrogen (secondary N) is 1. The van der Waals surface area contributed by atoms with Crippen molar-refractivity contribution < 1.29 is 19.5 Å². The summed E-state index contributed by atoms with van der Waals surface area (Å²) < 4.78 is 0. The minimum atomic E-state index is -1.06. The molecular formula is C24H30ClN7O4. The Balaban J connectivity index is 1.52. The number of piperazine rings is 1. The molecule has 0 bridgehead atoms. The molecule has 192 valence electrons. The van der Waals surface area contributed by atoms with E-state index in [9.17, 15) is 19.5 Å². The van der Waals surface area contributed by atoms with Crippen LogP contribution in [0.15, 0.2) is 30.6 Å². The summed E-state index contributed by atoms with van der Waals surface area (Å²) in [6.07, 6.45) is 0.361. The maximum atomic E-state index is 13.7. The van der Waals surface area contributed by atoms with Crippen molar-refractivity contribution in [1.82, 2.24) is 19.8 Å². The summed E-state index contributed by atoms with van der Waals surface area (Å²) in [5.74, 6) is 0.275. The van der Waals surface area contributed by atoms with Crippen molar-refractivity contribution in [2.75, 3.05) is 61.4 Å². The standard InChI is InChI=1S/C24H30ClN7O4/c1-15(2)32(24(35)36)12-18(16-4-6-17(25)7-5-16)23(34)31-10-8-30(9-11-31)22-20-21(26-14-27-22)28-19(33)13-29(20)3/h4-7,14-15,18H,8-13H2,1-3H3,(H,35,36)(H,26,27,28,33). The van der Waals surface area contributed by atoms with E-state index in [1.807, 2.05) is 11.9 Å². The van der Waals surface area contributed by atoms with Crippen molar-refractivity contribution in [3.05, 3.63) is 41.2 Å². The third kappa shape index (κ3) is 5.30. The second-order valence-corrected chi connectivity index (χ2v) is 9.68. The molecule has 1 atom stereocenters. The van der Waals surface area contributed by atoms with Gasteiger partial charge < -0.3 is 30.0 Å². The van der Waals surface area contributed by atoms with E-state index in [2.05, 4.69) is 20.2 Å². The molecule has 1 fully saturated rings. The minimum Gasteiger partial charge on any atom is -0.465 e. The van der Waals surface area contributed by atoms with Gasteiger partial charge in [-0.25, -0.2) is 14.8 Å². The highest BCUT2D eigenvalue weighted by atomic mass is 35.5. The normalized spacial score (nSPS) is 16.5. The van der Waals surface area contributed by atoms with E-state index in [4.69, 9.17) is 11.6 Å². The van der Waals surface area contributed by atoms with Gasteiger partial charge in [0, 0.05) is 50.8 Å². The maximum absolute atomic E-state index is 13.7. The van der Waals surface area contributed by atoms with Crippen LogP contribution >= 0.6 is 11.6 Å². The average molecular weight is 516 g/mol. The van der Waals surface area contributed by atoms with Gasteiger partial charge in [0.2, 0.25) is 11.8 Å². The first-order chi connectivity index (χ1) is 17.2. The lowest BCUT2D eigenvalue weighted by Gasteiger charge is -2.39. The second kappa shape index (κ2) is 10.6. The molecule has 4 rings (SSSR count). The molecule has 3 amide bonds. The lowest BCUT2D eigenvalue weighted by atomic mass is 9.96. The van der Waals surface area contributed by atoms with Crippen molar-refractivity contribution in [1.29, 1.82) is 0 Å². The number of fused-ring (bicyclic) bond motifs is 1. The Morgan fingerprint density at radius 3 is 2.42 bits per heavy atom. The minimum absolute atomic E-state index is 0.0532. The summed E-state index contributed by atoms with van der Waals surface area (Å²) in [4.78, 5) is 53.1. The number of likely N-dealkylation sites (N-methyl/N-ethyl adjacent to an activating group) is 1. The number of halogens is 1. The molecule has 12 heteroatoms. The number of aromatic nitrogens is 2. The van der Waals surface area contributed by atoms with Crippen LogP contribution in [0.5, 0.6) is 0 Å². The lowest BCUT2D eigenvalue weighted by Crippen LogP contribution is -2.52. The number of nitrogens with zero attached hydrogens (tertiary/aromatic N) is 6. The summed E-state index contributed by atoms with van der Waals surface area (Å²) in [5, 5.41) is 13.0. The summed E-state index contributed by atoms with van der Waals surface area (Å²) in [6.45, 7) is 5.83. The predicted octanol–water partition coefficient (Wildman–Crippen LogP) is 2.34. The zero-order chi connectivity index (χ0) is 26.0. The molecule has 2 aliphatic heterocycles. The van der Waals surface area contributed by atoms with E-state index in [-0.39, 0.29) is 30.9 Å². The van der Waals surface area contributed by atoms with Crippen LogP contribution in [0.4, 0.5) is 22.1 Å². The average Bonchev–Trinajstić information content (AvgIpc) is 2.84. The smallest absolute Gasteiger partial charge is 0.407 e. The van der Waals surface area contributed by atoms with Gasteiger partial charge in [-0.3, -0.25) is 9.59 Å². The van der Waals surface area contributed by atoms with E-state index >= 15 is 0 Å². The first kappa shape index (κ1) is 25.5. The first-order valence-electron chi connectivity index (χ1n) is 11.8. The SMILES string of the molecule is CC(C)N(CC(C(=O)N1CCN(c2ncnc3c2N(C)CC(=O)N3)CC1)c1ccc(Cl)cc1)C(=O)O. The van der Waals surface area contributed by atoms with E-state index in [0.717, 1.165) is 11.3 Å². The van der Waals surface area contributed by atoms with E-state index < -0.39 is 12.0 Å². The molecule has 1 aromatic heterocycles. The Morgan fingerprint density at radius 1 is 1.14 bits per heavy atom. The number of carboxylic acid groups (broad SMARTS) is 1. The van der Waals surface area contributed by atoms with Crippen LogP contribution in [0, 0.1) is 0 Å². The van der Waals surface area contributed by atoms with Gasteiger partial charge in [-0.2, -0.15) is 0 Å². The zero-order valence-electron chi connectivity index (χ0n) is 20.5. The van der Waals surface area contributed by atoms with Crippen LogP contribution < -0.4 is 15.1 Å². The van der Waals surface area contributed by atoms with Gasteiger partial charge in [0.25, 0.3) is 0 Å². The third-order valence-electron chi connectivity index (χ3n) is 6.53. The number of anilines is 3. The molecule has 2 N–H and O–H groups in total. The third-order valence-corrected chi connectivity index (χ3v) is 6.78. The predicted molar refractivity (Wildman–Crippen MR) is 137 cm³/mol. The number of carbonyl (C=O) groups excluding carboxylic acids is 2. The van der Waals surface area contributed by atoms with Crippen molar-refractivity contribution >= 4 is 46.8 Å². The molecular weight excluding hydrogens is 486 g/mol. The van der Waals surface area contributed by atoms with E-state index in [1.165, 1.54) is 11.2 Å². The van der Waals surface area contributed by atoms with Crippen molar-refractivity contribution in [3.63, 3.8) is 0 Å². The van der Waals surface area contributed by atoms with E-state index in [1.54, 1.807) is 43.0 Å². The highest BCUT2D eigenvalue weighted by molar-refractivity contribution is 6.30. The highest BCUT2D eigenvalue weighted by Gasteiger charge is 2.34. The fourth-order valence-electron chi connectivity index (χ4n) is 4.60. The van der Waals surface area contributed by atoms with Crippen molar-refractivity contribution in [2.45, 2.75) is 25.8 Å². The number of hydrogen-bond donors (Lipinski definition) is 2. The van der Waals surface area contributed by atoms with E-state index in [0.29, 0.717) is 42.8 Å². The number of amides is 3. The van der Waals surface area contributed by atoms with Crippen LogP contribution in [-0.4, -0.2) is 95.1 Å². The molecule has 0 saturated carbocycles. The van der Waals surface area contributed by atoms with Gasteiger partial charge in [-0.05, 0) is 31.5 Å². The number of benzene rings is 1. The molecule has 0 spiro atoms. The molecule has 3 heterocycles. The van der Waals surface area contributed by atoms with Gasteiger partial charge in [-0.1, -0.05) is 23.7 Å². The molecule has 2 aromatic rings. The Hall–Kier alpha value is -3.60. The number of carbonyl (C=O) groups is 3. The number of hydrogen-bond acceptors (Lipinski definition) is 7. The fraction of sp³-hybridized carbons (Fsp3) is 0.458. The van der Waals surface area contributed by atoms with Crippen LogP contribution in [0.3, 0.4) is 0 Å². The van der Waals surface area contributed by atoms with Gasteiger partial charge in [0.1, 0.15) is 12.0 Å². The fourth-order valence-corrected chi connectivity index (χ4v) is 4.72. The number of rotatable bonds is 6. The van der Waals surface area contributed by atoms with Crippen LogP contribution in [0.1, 0.15) is 25.3 Å². The summed E-state index contributed by atoms with van der Waals surface area (Å²) >= 11 is 6.05. The molecule has 1 saturated heterocycles. The highest BCUT2D eigenvalue weighted by Crippen LogP contribution is 2.35. The monoisotopic (exact) mass is 515 g/mol.